The number of rotatable bonds is 4. The van der Waals surface area contributed by atoms with Crippen LogP contribution in [0, 0.1) is 6.92 Å². The molecule has 0 amide bonds. The monoisotopic (exact) mass is 278 g/mol. The first-order valence-corrected chi connectivity index (χ1v) is 6.19. The van der Waals surface area contributed by atoms with Gasteiger partial charge in [0.25, 0.3) is 0 Å². The minimum atomic E-state index is 0.0981. The molecule has 1 aromatic heterocycles. The summed E-state index contributed by atoms with van der Waals surface area (Å²) >= 11 is 5.98. The number of methoxy groups -OCH3 is 1. The molecule has 2 N–H and O–H groups in total. The van der Waals surface area contributed by atoms with Gasteiger partial charge in [0.15, 0.2) is 11.5 Å². The van der Waals surface area contributed by atoms with Crippen molar-refractivity contribution < 1.29 is 9.84 Å². The topological polar surface area (TPSA) is 54.4 Å². The first-order valence-electron chi connectivity index (χ1n) is 5.81. The summed E-state index contributed by atoms with van der Waals surface area (Å²) in [6.07, 6.45) is 3.48. The maximum absolute atomic E-state index is 10.0. The zero-order valence-electron chi connectivity index (χ0n) is 10.8. The van der Waals surface area contributed by atoms with E-state index < -0.39 is 0 Å². The Morgan fingerprint density at radius 2 is 2.21 bits per heavy atom. The number of aromatic hydroxyl groups is 1. The molecule has 4 nitrogen and oxygen atoms in total. The molecule has 0 saturated carbocycles. The van der Waals surface area contributed by atoms with Crippen LogP contribution in [0.2, 0.25) is 5.02 Å². The summed E-state index contributed by atoms with van der Waals surface area (Å²) in [5.41, 5.74) is 2.68. The largest absolute Gasteiger partial charge is 0.504 e. The van der Waals surface area contributed by atoms with E-state index >= 15 is 0 Å². The second kappa shape index (κ2) is 5.80. The van der Waals surface area contributed by atoms with Crippen molar-refractivity contribution in [1.29, 1.82) is 0 Å². The van der Waals surface area contributed by atoms with E-state index in [0.29, 0.717) is 22.9 Å². The number of nitrogens with one attached hydrogen (secondary N) is 1. The molecular weight excluding hydrogens is 264 g/mol. The number of pyridine rings is 1. The highest BCUT2D eigenvalue weighted by Gasteiger charge is 2.10. The molecule has 0 saturated heterocycles. The van der Waals surface area contributed by atoms with Crippen LogP contribution in [0.4, 0.5) is 5.69 Å². The van der Waals surface area contributed by atoms with E-state index in [1.54, 1.807) is 24.5 Å². The van der Waals surface area contributed by atoms with Gasteiger partial charge in [-0.15, -0.1) is 0 Å². The highest BCUT2D eigenvalue weighted by Crippen LogP contribution is 2.33. The van der Waals surface area contributed by atoms with Crippen molar-refractivity contribution in [3.63, 3.8) is 0 Å². The zero-order valence-corrected chi connectivity index (χ0v) is 11.5. The van der Waals surface area contributed by atoms with Crippen molar-refractivity contribution in [2.24, 2.45) is 0 Å². The Morgan fingerprint density at radius 3 is 2.89 bits per heavy atom. The molecule has 0 aliphatic rings. The highest BCUT2D eigenvalue weighted by atomic mass is 35.5. The van der Waals surface area contributed by atoms with E-state index in [0.717, 1.165) is 11.3 Å². The van der Waals surface area contributed by atoms with E-state index in [-0.39, 0.29) is 5.75 Å². The van der Waals surface area contributed by atoms with Crippen molar-refractivity contribution in [1.82, 2.24) is 4.98 Å². The predicted molar refractivity (Wildman–Crippen MR) is 76.0 cm³/mol. The molecule has 0 fully saturated rings. The summed E-state index contributed by atoms with van der Waals surface area (Å²) in [5.74, 6) is 0.466. The Labute approximate surface area is 117 Å². The van der Waals surface area contributed by atoms with Crippen LogP contribution in [0.15, 0.2) is 30.6 Å². The highest BCUT2D eigenvalue weighted by molar-refractivity contribution is 6.30. The Morgan fingerprint density at radius 1 is 1.42 bits per heavy atom. The number of anilines is 1. The normalized spacial score (nSPS) is 10.3. The van der Waals surface area contributed by atoms with Gasteiger partial charge in [-0.05, 0) is 24.6 Å². The fourth-order valence-electron chi connectivity index (χ4n) is 1.76. The summed E-state index contributed by atoms with van der Waals surface area (Å²) in [6.45, 7) is 2.43. The van der Waals surface area contributed by atoms with Crippen LogP contribution in [0.5, 0.6) is 11.5 Å². The van der Waals surface area contributed by atoms with Crippen LogP contribution in [0.25, 0.3) is 0 Å². The fraction of sp³-hybridized carbons (Fsp3) is 0.214. The molecule has 100 valence electrons. The third-order valence-corrected chi connectivity index (χ3v) is 3.07. The Balaban J connectivity index is 2.20. The first-order chi connectivity index (χ1) is 9.11. The molecule has 1 heterocycles. The smallest absolute Gasteiger partial charge is 0.162 e. The lowest BCUT2D eigenvalue weighted by atomic mass is 10.1. The lowest BCUT2D eigenvalue weighted by Gasteiger charge is -2.12. The number of aryl methyl sites for hydroxylation is 1. The van der Waals surface area contributed by atoms with Crippen molar-refractivity contribution in [3.05, 3.63) is 46.7 Å². The molecule has 0 radical (unpaired) electrons. The van der Waals surface area contributed by atoms with Crippen molar-refractivity contribution in [2.45, 2.75) is 13.5 Å². The molecule has 0 atom stereocenters. The number of hydrogen-bond acceptors (Lipinski definition) is 4. The molecule has 19 heavy (non-hydrogen) atoms. The number of hydrogen-bond donors (Lipinski definition) is 2. The SMILES string of the molecule is COc1cc(Cl)cc(CNc2cnccc2C)c1O. The average molecular weight is 279 g/mol. The van der Waals surface area contributed by atoms with Crippen LogP contribution in [0.3, 0.4) is 0 Å². The van der Waals surface area contributed by atoms with Gasteiger partial charge in [0.05, 0.1) is 19.0 Å². The Kier molecular flexibility index (Phi) is 4.12. The molecule has 0 unspecified atom stereocenters. The van der Waals surface area contributed by atoms with Gasteiger partial charge in [0.2, 0.25) is 0 Å². The number of aromatic nitrogens is 1. The number of halogens is 1. The zero-order chi connectivity index (χ0) is 13.8. The maximum atomic E-state index is 10.0. The predicted octanol–water partition coefficient (Wildman–Crippen LogP) is 3.37. The van der Waals surface area contributed by atoms with Crippen LogP contribution in [-0.4, -0.2) is 17.2 Å². The van der Waals surface area contributed by atoms with Crippen LogP contribution >= 0.6 is 11.6 Å². The van der Waals surface area contributed by atoms with Crippen LogP contribution < -0.4 is 10.1 Å². The van der Waals surface area contributed by atoms with E-state index in [1.807, 2.05) is 13.0 Å². The maximum Gasteiger partial charge on any atom is 0.162 e. The molecule has 1 aromatic carbocycles. The van der Waals surface area contributed by atoms with Gasteiger partial charge >= 0.3 is 0 Å². The number of phenols is 1. The van der Waals surface area contributed by atoms with E-state index in [1.165, 1.54) is 7.11 Å². The van der Waals surface area contributed by atoms with Gasteiger partial charge in [-0.2, -0.15) is 0 Å². The molecule has 0 aliphatic heterocycles. The molecular formula is C14H15ClN2O2. The summed E-state index contributed by atoms with van der Waals surface area (Å²) in [5, 5.41) is 13.8. The van der Waals surface area contributed by atoms with Crippen LogP contribution in [-0.2, 0) is 6.54 Å². The van der Waals surface area contributed by atoms with Crippen LogP contribution in [0.1, 0.15) is 11.1 Å². The van der Waals surface area contributed by atoms with Gasteiger partial charge in [-0.1, -0.05) is 11.6 Å². The first kappa shape index (κ1) is 13.5. The second-order valence-corrected chi connectivity index (χ2v) is 4.60. The van der Waals surface area contributed by atoms with Gasteiger partial charge in [-0.25, -0.2) is 0 Å². The molecule has 0 bridgehead atoms. The van der Waals surface area contributed by atoms with Gasteiger partial charge in [0, 0.05) is 29.4 Å². The quantitative estimate of drug-likeness (QED) is 0.900. The van der Waals surface area contributed by atoms with Gasteiger partial charge in [0.1, 0.15) is 0 Å². The Bertz CT molecular complexity index is 588. The van der Waals surface area contributed by atoms with Crippen molar-refractivity contribution >= 4 is 17.3 Å². The van der Waals surface area contributed by atoms with Crippen molar-refractivity contribution in [2.75, 3.05) is 12.4 Å². The van der Waals surface area contributed by atoms with E-state index in [9.17, 15) is 5.11 Å². The summed E-state index contributed by atoms with van der Waals surface area (Å²) in [4.78, 5) is 4.06. The average Bonchev–Trinajstić information content (AvgIpc) is 2.41. The lowest BCUT2D eigenvalue weighted by Crippen LogP contribution is -2.02. The minimum Gasteiger partial charge on any atom is -0.504 e. The number of ether oxygens (including phenoxy) is 1. The fourth-order valence-corrected chi connectivity index (χ4v) is 1.99. The summed E-state index contributed by atoms with van der Waals surface area (Å²) in [6, 6.07) is 5.20. The Hall–Kier alpha value is -1.94. The van der Waals surface area contributed by atoms with Gasteiger partial charge in [-0.3, -0.25) is 4.98 Å². The second-order valence-electron chi connectivity index (χ2n) is 4.16. The third-order valence-electron chi connectivity index (χ3n) is 2.85. The van der Waals surface area contributed by atoms with Crippen molar-refractivity contribution in [3.8, 4) is 11.5 Å². The van der Waals surface area contributed by atoms with E-state index in [4.69, 9.17) is 16.3 Å². The molecule has 0 aliphatic carbocycles. The number of benzene rings is 1. The standard InChI is InChI=1S/C14H15ClN2O2/c1-9-3-4-16-8-12(9)17-7-10-5-11(15)6-13(19-2)14(10)18/h3-6,8,17-18H,7H2,1-2H3. The third kappa shape index (κ3) is 3.09. The summed E-state index contributed by atoms with van der Waals surface area (Å²) in [7, 11) is 1.49. The minimum absolute atomic E-state index is 0.0981. The molecule has 5 heteroatoms. The molecule has 2 aromatic rings. The van der Waals surface area contributed by atoms with Gasteiger partial charge < -0.3 is 15.2 Å². The number of nitrogens with zero attached hydrogens (tertiary/aromatic N) is 1. The molecule has 2 rings (SSSR count). The lowest BCUT2D eigenvalue weighted by molar-refractivity contribution is 0.371. The summed E-state index contributed by atoms with van der Waals surface area (Å²) < 4.78 is 5.07. The number of phenolic OH excluding ortho intramolecular Hbond substituents is 1. The van der Waals surface area contributed by atoms with E-state index in [2.05, 4.69) is 10.3 Å². The molecule has 0 spiro atoms.